The average molecular weight is 384 g/mol. The molecule has 29 heavy (non-hydrogen) atoms. The Bertz CT molecular complexity index is 1160. The van der Waals surface area contributed by atoms with E-state index in [9.17, 15) is 5.11 Å². The number of nitrogens with one attached hydrogen (secondary N) is 1. The molecule has 1 aliphatic rings. The zero-order valence-electron chi connectivity index (χ0n) is 16.4. The zero-order valence-corrected chi connectivity index (χ0v) is 16.4. The Morgan fingerprint density at radius 3 is 2.72 bits per heavy atom. The van der Waals surface area contributed by atoms with E-state index in [2.05, 4.69) is 52.3 Å². The van der Waals surface area contributed by atoms with Crippen LogP contribution in [0.5, 0.6) is 11.5 Å². The molecule has 2 N–H and O–H groups in total. The number of hydrogen-bond donors (Lipinski definition) is 2. The average Bonchev–Trinajstić information content (AvgIpc) is 3.12. The summed E-state index contributed by atoms with van der Waals surface area (Å²) in [5.74, 6) is 1.20. The van der Waals surface area contributed by atoms with E-state index < -0.39 is 0 Å². The molecular formula is C25H24N2O2. The van der Waals surface area contributed by atoms with Gasteiger partial charge in [0.15, 0.2) is 0 Å². The van der Waals surface area contributed by atoms with Crippen molar-refractivity contribution in [2.24, 2.45) is 0 Å². The Morgan fingerprint density at radius 2 is 1.86 bits per heavy atom. The molecule has 1 aliphatic heterocycles. The number of benzene rings is 3. The van der Waals surface area contributed by atoms with E-state index in [1.54, 1.807) is 13.2 Å². The number of nitrogens with zero attached hydrogens (tertiary/aromatic N) is 1. The van der Waals surface area contributed by atoms with Crippen molar-refractivity contribution in [2.75, 3.05) is 13.7 Å². The first-order chi connectivity index (χ1) is 14.2. The van der Waals surface area contributed by atoms with Gasteiger partial charge in [-0.1, -0.05) is 48.5 Å². The number of phenols is 1. The fraction of sp³-hybridized carbons (Fsp3) is 0.200. The minimum Gasteiger partial charge on any atom is -0.508 e. The third-order valence-corrected chi connectivity index (χ3v) is 5.86. The largest absolute Gasteiger partial charge is 0.508 e. The van der Waals surface area contributed by atoms with Crippen LogP contribution in [0.4, 0.5) is 0 Å². The van der Waals surface area contributed by atoms with Crippen LogP contribution in [0.2, 0.25) is 0 Å². The van der Waals surface area contributed by atoms with Gasteiger partial charge in [0.05, 0.1) is 13.2 Å². The van der Waals surface area contributed by atoms with Gasteiger partial charge >= 0.3 is 0 Å². The lowest BCUT2D eigenvalue weighted by Crippen LogP contribution is -2.35. The van der Waals surface area contributed by atoms with Gasteiger partial charge in [-0.05, 0) is 41.8 Å². The maximum absolute atomic E-state index is 9.92. The molecule has 2 heterocycles. The summed E-state index contributed by atoms with van der Waals surface area (Å²) in [5.41, 5.74) is 6.06. The first kappa shape index (κ1) is 17.8. The molecule has 0 fully saturated rings. The zero-order chi connectivity index (χ0) is 19.8. The number of ether oxygens (including phenoxy) is 1. The van der Waals surface area contributed by atoms with Crippen LogP contribution < -0.4 is 4.74 Å². The van der Waals surface area contributed by atoms with Crippen LogP contribution in [-0.4, -0.2) is 28.6 Å². The lowest BCUT2D eigenvalue weighted by Gasteiger charge is -2.36. The Balaban J connectivity index is 1.65. The van der Waals surface area contributed by atoms with E-state index in [-0.39, 0.29) is 6.04 Å². The number of H-pyrrole nitrogens is 1. The van der Waals surface area contributed by atoms with Crippen LogP contribution in [0.1, 0.15) is 28.4 Å². The second kappa shape index (κ2) is 7.30. The summed E-state index contributed by atoms with van der Waals surface area (Å²) in [6.07, 6.45) is 0.990. The number of hydrogen-bond acceptors (Lipinski definition) is 3. The van der Waals surface area contributed by atoms with Crippen molar-refractivity contribution in [1.82, 2.24) is 9.88 Å². The highest BCUT2D eigenvalue weighted by Crippen LogP contribution is 2.42. The van der Waals surface area contributed by atoms with Crippen LogP contribution in [0, 0.1) is 0 Å². The Kier molecular flexibility index (Phi) is 4.49. The molecule has 3 aromatic carbocycles. The van der Waals surface area contributed by atoms with Crippen molar-refractivity contribution < 1.29 is 9.84 Å². The summed E-state index contributed by atoms with van der Waals surface area (Å²) in [6, 6.07) is 24.4. The van der Waals surface area contributed by atoms with Crippen LogP contribution in [0.15, 0.2) is 72.8 Å². The van der Waals surface area contributed by atoms with Crippen molar-refractivity contribution >= 4 is 10.9 Å². The van der Waals surface area contributed by atoms with Gasteiger partial charge in [-0.15, -0.1) is 0 Å². The van der Waals surface area contributed by atoms with Crippen LogP contribution >= 0.6 is 0 Å². The highest BCUT2D eigenvalue weighted by Gasteiger charge is 2.33. The number of aromatic amines is 1. The molecule has 0 spiro atoms. The highest BCUT2D eigenvalue weighted by molar-refractivity contribution is 5.85. The molecule has 0 saturated heterocycles. The molecule has 0 radical (unpaired) electrons. The van der Waals surface area contributed by atoms with Gasteiger partial charge in [-0.2, -0.15) is 0 Å². The second-order valence-corrected chi connectivity index (χ2v) is 7.60. The number of methoxy groups -OCH3 is 1. The topological polar surface area (TPSA) is 48.5 Å². The van der Waals surface area contributed by atoms with E-state index in [4.69, 9.17) is 4.74 Å². The predicted octanol–water partition coefficient (Wildman–Crippen LogP) is 5.03. The molecule has 146 valence electrons. The van der Waals surface area contributed by atoms with E-state index in [1.165, 1.54) is 22.2 Å². The summed E-state index contributed by atoms with van der Waals surface area (Å²) in [7, 11) is 1.73. The quantitative estimate of drug-likeness (QED) is 0.519. The number of rotatable bonds is 4. The number of aromatic hydroxyl groups is 1. The molecule has 4 heteroatoms. The number of para-hydroxylation sites is 2. The second-order valence-electron chi connectivity index (χ2n) is 7.60. The van der Waals surface area contributed by atoms with Crippen LogP contribution in [-0.2, 0) is 13.0 Å². The van der Waals surface area contributed by atoms with Crippen molar-refractivity contribution in [3.63, 3.8) is 0 Å². The highest BCUT2D eigenvalue weighted by atomic mass is 16.5. The van der Waals surface area contributed by atoms with Crippen molar-refractivity contribution in [2.45, 2.75) is 19.0 Å². The minimum atomic E-state index is 0.0599. The molecule has 0 bridgehead atoms. The Morgan fingerprint density at radius 1 is 1.03 bits per heavy atom. The summed E-state index contributed by atoms with van der Waals surface area (Å²) >= 11 is 0. The van der Waals surface area contributed by atoms with Gasteiger partial charge in [0, 0.05) is 35.2 Å². The summed E-state index contributed by atoms with van der Waals surface area (Å²) in [4.78, 5) is 6.16. The van der Waals surface area contributed by atoms with Gasteiger partial charge < -0.3 is 14.8 Å². The van der Waals surface area contributed by atoms with Gasteiger partial charge in [0.1, 0.15) is 11.5 Å². The maximum Gasteiger partial charge on any atom is 0.124 e. The number of phenolic OH excluding ortho intramolecular Hbond substituents is 1. The van der Waals surface area contributed by atoms with Crippen LogP contribution in [0.25, 0.3) is 10.9 Å². The van der Waals surface area contributed by atoms with Gasteiger partial charge in [0.2, 0.25) is 0 Å². The van der Waals surface area contributed by atoms with Gasteiger partial charge in [0.25, 0.3) is 0 Å². The minimum absolute atomic E-state index is 0.0599. The smallest absolute Gasteiger partial charge is 0.124 e. The first-order valence-electron chi connectivity index (χ1n) is 9.99. The van der Waals surface area contributed by atoms with E-state index in [0.29, 0.717) is 5.75 Å². The monoisotopic (exact) mass is 384 g/mol. The van der Waals surface area contributed by atoms with Gasteiger partial charge in [-0.3, -0.25) is 4.90 Å². The van der Waals surface area contributed by atoms with Crippen LogP contribution in [0.3, 0.4) is 0 Å². The lowest BCUT2D eigenvalue weighted by molar-refractivity contribution is 0.198. The fourth-order valence-electron chi connectivity index (χ4n) is 4.59. The molecule has 0 saturated carbocycles. The third kappa shape index (κ3) is 3.15. The van der Waals surface area contributed by atoms with Crippen molar-refractivity contribution in [3.8, 4) is 11.5 Å². The molecule has 1 aromatic heterocycles. The summed E-state index contributed by atoms with van der Waals surface area (Å²) in [5, 5.41) is 11.2. The van der Waals surface area contributed by atoms with E-state index >= 15 is 0 Å². The lowest BCUT2D eigenvalue weighted by atomic mass is 9.91. The molecule has 5 rings (SSSR count). The summed E-state index contributed by atoms with van der Waals surface area (Å²) in [6.45, 7) is 1.69. The normalized spacial score (nSPS) is 16.7. The molecule has 1 atom stereocenters. The molecule has 4 aromatic rings. The summed E-state index contributed by atoms with van der Waals surface area (Å²) < 4.78 is 5.72. The molecule has 1 unspecified atom stereocenters. The van der Waals surface area contributed by atoms with E-state index in [1.807, 2.05) is 24.3 Å². The molecule has 0 aliphatic carbocycles. The standard InChI is InChI=1S/C25H24N2O2/c1-29-23-12-5-3-10-21(23)25-24-20(19-9-2-4-11-22(19)26-24)13-14-27(25)16-17-7-6-8-18(28)15-17/h2-12,15,25-26,28H,13-14,16H2,1H3. The molecule has 4 nitrogen and oxygen atoms in total. The Labute approximate surface area is 170 Å². The molecular weight excluding hydrogens is 360 g/mol. The molecule has 0 amide bonds. The Hall–Kier alpha value is -3.24. The van der Waals surface area contributed by atoms with Crippen molar-refractivity contribution in [1.29, 1.82) is 0 Å². The predicted molar refractivity (Wildman–Crippen MR) is 115 cm³/mol. The first-order valence-corrected chi connectivity index (χ1v) is 9.99. The van der Waals surface area contributed by atoms with Gasteiger partial charge in [-0.25, -0.2) is 0 Å². The SMILES string of the molecule is COc1ccccc1C1c2[nH]c3ccccc3c2CCN1Cc1cccc(O)c1. The maximum atomic E-state index is 9.92. The number of aromatic nitrogens is 1. The third-order valence-electron chi connectivity index (χ3n) is 5.86. The van der Waals surface area contributed by atoms with Crippen molar-refractivity contribution in [3.05, 3.63) is 95.2 Å². The number of fused-ring (bicyclic) bond motifs is 3. The van der Waals surface area contributed by atoms with E-state index in [0.717, 1.165) is 36.4 Å². The fourth-order valence-corrected chi connectivity index (χ4v) is 4.59.